The van der Waals surface area contributed by atoms with Crippen LogP contribution in [0.2, 0.25) is 0 Å². The number of para-hydroxylation sites is 1. The zero-order chi connectivity index (χ0) is 21.0. The minimum atomic E-state index is -0.295. The highest BCUT2D eigenvalue weighted by atomic mass is 32.2. The third kappa shape index (κ3) is 3.47. The van der Waals surface area contributed by atoms with Crippen LogP contribution in [0.25, 0.3) is 10.9 Å². The highest BCUT2D eigenvalue weighted by molar-refractivity contribution is 8.00. The number of amides is 1. The quantitative estimate of drug-likeness (QED) is 0.564. The summed E-state index contributed by atoms with van der Waals surface area (Å²) in [4.78, 5) is 31.0. The standard InChI is InChI=1S/C24H31N3O2S/c1-14(2)27-22(29)19-6-4-5-7-20(19)25-23(27)30-15(3)21(28)26-24-11-16-8-17(12-24)10-18(9-16)13-24/h4-7,14-18H,8-13H2,1-3H3,(H,26,28)/t15-,16?,17?,18?,24?/m0/s1. The fourth-order valence-corrected chi connectivity index (χ4v) is 7.54. The number of thioether (sulfide) groups is 1. The summed E-state index contributed by atoms with van der Waals surface area (Å²) in [5, 5.41) is 4.43. The van der Waals surface area contributed by atoms with Gasteiger partial charge in [-0.1, -0.05) is 23.9 Å². The molecule has 4 saturated carbocycles. The Morgan fingerprint density at radius 3 is 2.30 bits per heavy atom. The van der Waals surface area contributed by atoms with Crippen LogP contribution in [-0.4, -0.2) is 26.2 Å². The van der Waals surface area contributed by atoms with Gasteiger partial charge in [0.2, 0.25) is 5.91 Å². The second-order valence-corrected chi connectivity index (χ2v) is 11.4. The molecule has 6 rings (SSSR count). The maximum atomic E-state index is 13.2. The molecule has 5 nitrogen and oxygen atoms in total. The molecule has 4 bridgehead atoms. The molecule has 0 unspecified atom stereocenters. The van der Waals surface area contributed by atoms with Crippen molar-refractivity contribution in [2.45, 2.75) is 81.3 Å². The number of benzene rings is 1. The van der Waals surface area contributed by atoms with Gasteiger partial charge in [-0.25, -0.2) is 4.98 Å². The van der Waals surface area contributed by atoms with Gasteiger partial charge in [0.15, 0.2) is 5.16 Å². The number of rotatable bonds is 5. The molecule has 1 amide bonds. The molecule has 4 fully saturated rings. The van der Waals surface area contributed by atoms with E-state index in [2.05, 4.69) is 5.32 Å². The topological polar surface area (TPSA) is 64.0 Å². The number of nitrogens with zero attached hydrogens (tertiary/aromatic N) is 2. The predicted molar refractivity (Wildman–Crippen MR) is 121 cm³/mol. The van der Waals surface area contributed by atoms with Crippen molar-refractivity contribution in [2.75, 3.05) is 0 Å². The zero-order valence-corrected chi connectivity index (χ0v) is 18.9. The Balaban J connectivity index is 1.38. The first-order valence-electron chi connectivity index (χ1n) is 11.3. The minimum absolute atomic E-state index is 0.00911. The van der Waals surface area contributed by atoms with Gasteiger partial charge < -0.3 is 5.32 Å². The van der Waals surface area contributed by atoms with Crippen molar-refractivity contribution in [1.82, 2.24) is 14.9 Å². The van der Waals surface area contributed by atoms with Crippen LogP contribution in [-0.2, 0) is 4.79 Å². The lowest BCUT2D eigenvalue weighted by molar-refractivity contribution is -0.126. The maximum absolute atomic E-state index is 13.2. The Kier molecular flexibility index (Phi) is 4.96. The van der Waals surface area contributed by atoms with Crippen LogP contribution in [0.1, 0.15) is 65.3 Å². The largest absolute Gasteiger partial charge is 0.350 e. The van der Waals surface area contributed by atoms with E-state index in [-0.39, 0.29) is 28.3 Å². The van der Waals surface area contributed by atoms with E-state index in [1.54, 1.807) is 4.57 Å². The molecule has 2 aromatic rings. The molecule has 1 aromatic carbocycles. The van der Waals surface area contributed by atoms with Gasteiger partial charge in [0, 0.05) is 11.6 Å². The Hall–Kier alpha value is -1.82. The molecule has 1 heterocycles. The van der Waals surface area contributed by atoms with Crippen molar-refractivity contribution in [3.8, 4) is 0 Å². The van der Waals surface area contributed by atoms with E-state index in [0.29, 0.717) is 16.1 Å². The summed E-state index contributed by atoms with van der Waals surface area (Å²) in [5.74, 6) is 2.48. The van der Waals surface area contributed by atoms with Crippen molar-refractivity contribution < 1.29 is 4.79 Å². The molecule has 30 heavy (non-hydrogen) atoms. The van der Waals surface area contributed by atoms with Crippen molar-refractivity contribution in [2.24, 2.45) is 17.8 Å². The summed E-state index contributed by atoms with van der Waals surface area (Å²) in [5.41, 5.74) is 0.664. The van der Waals surface area contributed by atoms with Crippen LogP contribution in [0.15, 0.2) is 34.2 Å². The Bertz CT molecular complexity index is 1010. The van der Waals surface area contributed by atoms with Crippen molar-refractivity contribution >= 4 is 28.6 Å². The third-order valence-electron chi connectivity index (χ3n) is 7.37. The number of aromatic nitrogens is 2. The van der Waals surface area contributed by atoms with E-state index in [4.69, 9.17) is 4.98 Å². The molecule has 0 saturated heterocycles. The van der Waals surface area contributed by atoms with E-state index in [1.165, 1.54) is 31.0 Å². The van der Waals surface area contributed by atoms with Crippen LogP contribution in [0.4, 0.5) is 0 Å². The fourth-order valence-electron chi connectivity index (χ4n) is 6.50. The monoisotopic (exact) mass is 425 g/mol. The number of carbonyl (C=O) groups is 1. The van der Waals surface area contributed by atoms with Crippen LogP contribution >= 0.6 is 11.8 Å². The normalized spacial score (nSPS) is 30.7. The summed E-state index contributed by atoms with van der Waals surface area (Å²) in [6.07, 6.45) is 7.52. The molecular weight excluding hydrogens is 394 g/mol. The number of hydrogen-bond acceptors (Lipinski definition) is 4. The lowest BCUT2D eigenvalue weighted by Gasteiger charge is -2.57. The average Bonchev–Trinajstić information content (AvgIpc) is 2.66. The predicted octanol–water partition coefficient (Wildman–Crippen LogP) is 4.54. The summed E-state index contributed by atoms with van der Waals surface area (Å²) >= 11 is 1.40. The van der Waals surface area contributed by atoms with Gasteiger partial charge >= 0.3 is 0 Å². The molecule has 1 aromatic heterocycles. The lowest BCUT2D eigenvalue weighted by Crippen LogP contribution is -2.60. The number of nitrogens with one attached hydrogen (secondary N) is 1. The molecule has 1 N–H and O–H groups in total. The number of carbonyl (C=O) groups excluding carboxylic acids is 1. The molecular formula is C24H31N3O2S. The van der Waals surface area contributed by atoms with Crippen LogP contribution in [0.3, 0.4) is 0 Å². The van der Waals surface area contributed by atoms with Gasteiger partial charge in [-0.3, -0.25) is 14.2 Å². The van der Waals surface area contributed by atoms with E-state index in [0.717, 1.165) is 37.0 Å². The Morgan fingerprint density at radius 1 is 1.10 bits per heavy atom. The summed E-state index contributed by atoms with van der Waals surface area (Å²) < 4.78 is 1.72. The first-order valence-corrected chi connectivity index (χ1v) is 12.2. The summed E-state index contributed by atoms with van der Waals surface area (Å²) in [7, 11) is 0. The second-order valence-electron chi connectivity index (χ2n) is 10.1. The Labute approximate surface area is 182 Å². The first-order chi connectivity index (χ1) is 14.3. The van der Waals surface area contributed by atoms with Crippen LogP contribution in [0, 0.1) is 17.8 Å². The highest BCUT2D eigenvalue weighted by Crippen LogP contribution is 2.55. The third-order valence-corrected chi connectivity index (χ3v) is 8.44. The van der Waals surface area contributed by atoms with Crippen molar-refractivity contribution in [3.63, 3.8) is 0 Å². The van der Waals surface area contributed by atoms with Crippen LogP contribution in [0.5, 0.6) is 0 Å². The smallest absolute Gasteiger partial charge is 0.262 e. The maximum Gasteiger partial charge on any atom is 0.262 e. The molecule has 160 valence electrons. The van der Waals surface area contributed by atoms with Crippen molar-refractivity contribution in [1.29, 1.82) is 0 Å². The van der Waals surface area contributed by atoms with Gasteiger partial charge in [0.05, 0.1) is 16.2 Å². The molecule has 6 heteroatoms. The minimum Gasteiger partial charge on any atom is -0.350 e. The van der Waals surface area contributed by atoms with Gasteiger partial charge in [-0.2, -0.15) is 0 Å². The van der Waals surface area contributed by atoms with Gasteiger partial charge in [0.1, 0.15) is 0 Å². The average molecular weight is 426 g/mol. The summed E-state index contributed by atoms with van der Waals surface area (Å²) in [6.45, 7) is 5.91. The first kappa shape index (κ1) is 20.1. The van der Waals surface area contributed by atoms with E-state index in [1.807, 2.05) is 45.0 Å². The van der Waals surface area contributed by atoms with Gasteiger partial charge in [-0.05, 0) is 89.2 Å². The van der Waals surface area contributed by atoms with E-state index >= 15 is 0 Å². The van der Waals surface area contributed by atoms with Gasteiger partial charge in [0.25, 0.3) is 5.56 Å². The van der Waals surface area contributed by atoms with Crippen molar-refractivity contribution in [3.05, 3.63) is 34.6 Å². The molecule has 1 atom stereocenters. The zero-order valence-electron chi connectivity index (χ0n) is 18.1. The Morgan fingerprint density at radius 2 is 1.70 bits per heavy atom. The van der Waals surface area contributed by atoms with Gasteiger partial charge in [-0.15, -0.1) is 0 Å². The molecule has 0 aliphatic heterocycles. The fraction of sp³-hybridized carbons (Fsp3) is 0.625. The molecule has 0 radical (unpaired) electrons. The molecule has 0 spiro atoms. The SMILES string of the molecule is CC(C)n1c(S[C@@H](C)C(=O)NC23CC4CC(CC(C4)C2)C3)nc2ccccc2c1=O. The second kappa shape index (κ2) is 7.40. The van der Waals surface area contributed by atoms with E-state index in [9.17, 15) is 9.59 Å². The summed E-state index contributed by atoms with van der Waals surface area (Å²) in [6, 6.07) is 7.43. The van der Waals surface area contributed by atoms with E-state index < -0.39 is 0 Å². The number of fused-ring (bicyclic) bond motifs is 1. The van der Waals surface area contributed by atoms with Crippen LogP contribution < -0.4 is 10.9 Å². The molecule has 4 aliphatic rings. The number of hydrogen-bond donors (Lipinski definition) is 1. The molecule has 4 aliphatic carbocycles. The lowest BCUT2D eigenvalue weighted by atomic mass is 9.53. The highest BCUT2D eigenvalue weighted by Gasteiger charge is 2.51.